The van der Waals surface area contributed by atoms with Crippen LogP contribution in [0.3, 0.4) is 0 Å². The Bertz CT molecular complexity index is 1150. The second kappa shape index (κ2) is 9.33. The zero-order chi connectivity index (χ0) is 22.8. The van der Waals surface area contributed by atoms with E-state index in [1.807, 2.05) is 45.0 Å². The van der Waals surface area contributed by atoms with Crippen molar-refractivity contribution < 1.29 is 13.9 Å². The Balaban J connectivity index is 2.31. The molecule has 0 aliphatic carbocycles. The number of alkyl halides is 1. The van der Waals surface area contributed by atoms with Crippen molar-refractivity contribution in [3.63, 3.8) is 0 Å². The van der Waals surface area contributed by atoms with Gasteiger partial charge in [0.1, 0.15) is 6.29 Å². The van der Waals surface area contributed by atoms with Gasteiger partial charge >= 0.3 is 0 Å². The SMILES string of the molecule is Cn1c(C(C=O)COC(C)(C)C)c(-c2ccc(CCF)cc2)c2cc(Cl)ccc2c1=O. The lowest BCUT2D eigenvalue weighted by molar-refractivity contribution is -0.112. The number of carbonyl (C=O) groups excluding carboxylic acids is 1. The number of halogens is 2. The van der Waals surface area contributed by atoms with Crippen molar-refractivity contribution in [2.24, 2.45) is 7.05 Å². The standard InChI is InChI=1S/C25H27ClFNO3/c1-25(2,3)31-15-18(14-29)23-22(17-7-5-16(6-8-17)11-12-27)21-13-19(26)9-10-20(21)24(30)28(23)4/h5-10,13-14,18H,11-12,15H2,1-4H3. The minimum Gasteiger partial charge on any atom is -0.375 e. The highest BCUT2D eigenvalue weighted by atomic mass is 35.5. The number of pyridine rings is 1. The maximum Gasteiger partial charge on any atom is 0.258 e. The van der Waals surface area contributed by atoms with Gasteiger partial charge in [-0.3, -0.25) is 9.18 Å². The number of nitrogens with zero attached hydrogens (tertiary/aromatic N) is 1. The Morgan fingerprint density at radius 1 is 1.13 bits per heavy atom. The predicted octanol–water partition coefficient (Wildman–Crippen LogP) is 5.47. The third-order valence-electron chi connectivity index (χ3n) is 5.24. The van der Waals surface area contributed by atoms with Gasteiger partial charge in [0.05, 0.1) is 24.8 Å². The zero-order valence-electron chi connectivity index (χ0n) is 18.2. The summed E-state index contributed by atoms with van der Waals surface area (Å²) < 4.78 is 20.2. The third kappa shape index (κ3) is 5.05. The highest BCUT2D eigenvalue weighted by molar-refractivity contribution is 6.31. The van der Waals surface area contributed by atoms with E-state index in [9.17, 15) is 14.0 Å². The van der Waals surface area contributed by atoms with Crippen molar-refractivity contribution >= 4 is 28.7 Å². The zero-order valence-corrected chi connectivity index (χ0v) is 19.0. The van der Waals surface area contributed by atoms with E-state index >= 15 is 0 Å². The van der Waals surface area contributed by atoms with Gasteiger partial charge in [-0.2, -0.15) is 0 Å². The highest BCUT2D eigenvalue weighted by Gasteiger charge is 2.25. The first-order valence-corrected chi connectivity index (χ1v) is 10.6. The predicted molar refractivity (Wildman–Crippen MR) is 124 cm³/mol. The van der Waals surface area contributed by atoms with E-state index in [1.54, 1.807) is 25.2 Å². The van der Waals surface area contributed by atoms with Gasteiger partial charge in [-0.05, 0) is 55.5 Å². The van der Waals surface area contributed by atoms with Crippen molar-refractivity contribution in [2.75, 3.05) is 13.3 Å². The van der Waals surface area contributed by atoms with Crippen LogP contribution in [0.25, 0.3) is 21.9 Å². The first kappa shape index (κ1) is 23.2. The molecule has 0 saturated carbocycles. The lowest BCUT2D eigenvalue weighted by Crippen LogP contribution is -2.29. The minimum atomic E-state index is -0.652. The molecule has 3 aromatic rings. The highest BCUT2D eigenvalue weighted by Crippen LogP contribution is 2.36. The lowest BCUT2D eigenvalue weighted by Gasteiger charge is -2.25. The molecule has 0 fully saturated rings. The summed E-state index contributed by atoms with van der Waals surface area (Å²) in [5, 5.41) is 1.68. The van der Waals surface area contributed by atoms with Gasteiger partial charge in [-0.1, -0.05) is 35.9 Å². The Morgan fingerprint density at radius 3 is 2.39 bits per heavy atom. The number of aldehydes is 1. The molecule has 3 rings (SSSR count). The van der Waals surface area contributed by atoms with E-state index < -0.39 is 18.2 Å². The van der Waals surface area contributed by atoms with E-state index in [1.165, 1.54) is 4.57 Å². The summed E-state index contributed by atoms with van der Waals surface area (Å²) in [4.78, 5) is 25.3. The molecule has 164 valence electrons. The Labute approximate surface area is 186 Å². The quantitative estimate of drug-likeness (QED) is 0.455. The summed E-state index contributed by atoms with van der Waals surface area (Å²) in [6.45, 7) is 5.45. The van der Waals surface area contributed by atoms with Gasteiger partial charge < -0.3 is 14.1 Å². The average Bonchev–Trinajstić information content (AvgIpc) is 2.72. The summed E-state index contributed by atoms with van der Waals surface area (Å²) >= 11 is 6.28. The molecule has 0 bridgehead atoms. The maximum atomic E-state index is 13.1. The molecule has 1 aromatic heterocycles. The molecule has 0 spiro atoms. The molecule has 0 radical (unpaired) electrons. The van der Waals surface area contributed by atoms with Gasteiger partial charge in [-0.25, -0.2) is 0 Å². The lowest BCUT2D eigenvalue weighted by atomic mass is 9.91. The van der Waals surface area contributed by atoms with Gasteiger partial charge in [0.15, 0.2) is 0 Å². The summed E-state index contributed by atoms with van der Waals surface area (Å²) in [5.41, 5.74) is 2.38. The van der Waals surface area contributed by atoms with Crippen LogP contribution in [-0.2, 0) is 23.0 Å². The van der Waals surface area contributed by atoms with E-state index in [0.29, 0.717) is 27.9 Å². The maximum absolute atomic E-state index is 13.1. The Hall–Kier alpha value is -2.50. The summed E-state index contributed by atoms with van der Waals surface area (Å²) in [6.07, 6.45) is 1.15. The number of benzene rings is 2. The fourth-order valence-electron chi connectivity index (χ4n) is 3.71. The second-order valence-electron chi connectivity index (χ2n) is 8.62. The van der Waals surface area contributed by atoms with Crippen LogP contribution in [0.15, 0.2) is 47.3 Å². The van der Waals surface area contributed by atoms with Crippen LogP contribution in [0.4, 0.5) is 4.39 Å². The van der Waals surface area contributed by atoms with Gasteiger partial charge in [0.25, 0.3) is 5.56 Å². The number of carbonyl (C=O) groups is 1. The second-order valence-corrected chi connectivity index (χ2v) is 9.05. The number of fused-ring (bicyclic) bond motifs is 1. The topological polar surface area (TPSA) is 48.3 Å². The van der Waals surface area contributed by atoms with Crippen molar-refractivity contribution in [2.45, 2.75) is 38.7 Å². The largest absolute Gasteiger partial charge is 0.375 e. The first-order valence-electron chi connectivity index (χ1n) is 10.2. The molecule has 0 aliphatic heterocycles. The van der Waals surface area contributed by atoms with Crippen molar-refractivity contribution in [1.29, 1.82) is 0 Å². The molecular formula is C25H27ClFNO3. The molecule has 6 heteroatoms. The molecule has 1 atom stereocenters. The van der Waals surface area contributed by atoms with Crippen LogP contribution in [0.2, 0.25) is 5.02 Å². The molecule has 2 aromatic carbocycles. The molecule has 0 saturated heterocycles. The minimum absolute atomic E-state index is 0.138. The molecule has 31 heavy (non-hydrogen) atoms. The van der Waals surface area contributed by atoms with E-state index in [0.717, 1.165) is 23.0 Å². The molecule has 4 nitrogen and oxygen atoms in total. The number of hydrogen-bond acceptors (Lipinski definition) is 3. The number of aromatic nitrogens is 1. The number of aryl methyl sites for hydroxylation is 1. The van der Waals surface area contributed by atoms with Crippen LogP contribution < -0.4 is 5.56 Å². The number of ether oxygens (including phenoxy) is 1. The molecular weight excluding hydrogens is 417 g/mol. The molecule has 1 unspecified atom stereocenters. The first-order chi connectivity index (χ1) is 14.7. The third-order valence-corrected chi connectivity index (χ3v) is 5.48. The van der Waals surface area contributed by atoms with Crippen molar-refractivity contribution in [1.82, 2.24) is 4.57 Å². The van der Waals surface area contributed by atoms with Gasteiger partial charge in [-0.15, -0.1) is 0 Å². The fraction of sp³-hybridized carbons (Fsp3) is 0.360. The van der Waals surface area contributed by atoms with Crippen molar-refractivity contribution in [3.05, 3.63) is 69.1 Å². The van der Waals surface area contributed by atoms with Crippen molar-refractivity contribution in [3.8, 4) is 11.1 Å². The summed E-state index contributed by atoms with van der Waals surface area (Å²) in [5.74, 6) is -0.652. The van der Waals surface area contributed by atoms with Gasteiger partial charge in [0.2, 0.25) is 0 Å². The Morgan fingerprint density at radius 2 is 1.81 bits per heavy atom. The van der Waals surface area contributed by atoms with E-state index in [4.69, 9.17) is 16.3 Å². The fourth-order valence-corrected chi connectivity index (χ4v) is 3.88. The van der Waals surface area contributed by atoms with Gasteiger partial charge in [0, 0.05) is 35.1 Å². The van der Waals surface area contributed by atoms with Crippen LogP contribution >= 0.6 is 11.6 Å². The van der Waals surface area contributed by atoms with E-state index in [2.05, 4.69) is 0 Å². The molecule has 0 amide bonds. The Kier molecular flexibility index (Phi) is 6.97. The normalized spacial score (nSPS) is 12.8. The van der Waals surface area contributed by atoms with Crippen LogP contribution in [0.1, 0.15) is 37.9 Å². The monoisotopic (exact) mass is 443 g/mol. The summed E-state index contributed by atoms with van der Waals surface area (Å²) in [7, 11) is 1.67. The summed E-state index contributed by atoms with van der Waals surface area (Å²) in [6, 6.07) is 12.6. The van der Waals surface area contributed by atoms with E-state index in [-0.39, 0.29) is 12.2 Å². The number of hydrogen-bond donors (Lipinski definition) is 0. The van der Waals surface area contributed by atoms with Crippen LogP contribution in [-0.4, -0.2) is 29.7 Å². The molecule has 0 aliphatic rings. The smallest absolute Gasteiger partial charge is 0.258 e. The van der Waals surface area contributed by atoms with Crippen LogP contribution in [0.5, 0.6) is 0 Å². The molecule has 0 N–H and O–H groups in total. The average molecular weight is 444 g/mol. The van der Waals surface area contributed by atoms with Crippen LogP contribution in [0, 0.1) is 0 Å². The molecule has 1 heterocycles. The number of rotatable bonds is 7.